The summed E-state index contributed by atoms with van der Waals surface area (Å²) in [7, 11) is -2.98. The summed E-state index contributed by atoms with van der Waals surface area (Å²) in [5.74, 6) is 0. The molecule has 0 aromatic rings. The average Bonchev–Trinajstić information content (AvgIpc) is 1.35. The summed E-state index contributed by atoms with van der Waals surface area (Å²) in [4.78, 5) is 0. The highest BCUT2D eigenvalue weighted by Crippen LogP contribution is 1.73. The van der Waals surface area contributed by atoms with Gasteiger partial charge in [-0.05, 0) is 0 Å². The molecule has 0 aromatic carbocycles. The van der Waals surface area contributed by atoms with E-state index in [1.165, 1.54) is 0 Å². The minimum atomic E-state index is -3.91. The maximum Gasteiger partial charge on any atom is 0.349 e. The quantitative estimate of drug-likeness (QED) is 0.442. The van der Waals surface area contributed by atoms with Crippen molar-refractivity contribution in [2.45, 2.75) is 0 Å². The maximum atomic E-state index is 9.44. The molecule has 0 heterocycles. The van der Waals surface area contributed by atoms with Gasteiger partial charge in [0.1, 0.15) is 0 Å². The molecule has 0 aliphatic heterocycles. The Balaban J connectivity index is 3.85. The molecular weight excluding hydrogens is 106 g/mol. The molecular formula is CH4NO3S. The average molecular weight is 110 g/mol. The third-order valence-corrected chi connectivity index (χ3v) is 0.658. The number of hydrogen-bond donors (Lipinski definition) is 0. The Hall–Kier alpha value is -0.130. The van der Waals surface area contributed by atoms with E-state index in [0.717, 1.165) is 7.11 Å². The molecule has 0 amide bonds. The van der Waals surface area contributed by atoms with Crippen molar-refractivity contribution in [1.82, 2.24) is 5.14 Å². The first-order valence-electron chi connectivity index (χ1n) is 1.11. The highest BCUT2D eigenvalue weighted by atomic mass is 32.2. The highest BCUT2D eigenvalue weighted by Gasteiger charge is 1.92. The van der Waals surface area contributed by atoms with Crippen molar-refractivity contribution in [3.8, 4) is 0 Å². The van der Waals surface area contributed by atoms with Crippen LogP contribution in [0.1, 0.15) is 0 Å². The lowest BCUT2D eigenvalue weighted by Crippen LogP contribution is -1.99. The van der Waals surface area contributed by atoms with Crippen LogP contribution in [-0.2, 0) is 14.5 Å². The second-order valence-corrected chi connectivity index (χ2v) is 1.86. The summed E-state index contributed by atoms with van der Waals surface area (Å²) in [5.41, 5.74) is 0. The van der Waals surface area contributed by atoms with Gasteiger partial charge in [-0.15, -0.1) is 5.14 Å². The zero-order valence-electron chi connectivity index (χ0n) is 3.13. The first kappa shape index (κ1) is 5.87. The standard InChI is InChI=1S/CH4NO3S/c1-5-6(2,3)4/h2H,1H3. The smallest absolute Gasteiger partial charge is 0.260 e. The summed E-state index contributed by atoms with van der Waals surface area (Å²) >= 11 is 0. The molecule has 6 heavy (non-hydrogen) atoms. The molecule has 0 saturated carbocycles. The molecule has 37 valence electrons. The molecule has 0 aliphatic rings. The Kier molecular flexibility index (Phi) is 1.51. The van der Waals surface area contributed by atoms with Crippen molar-refractivity contribution in [2.24, 2.45) is 0 Å². The van der Waals surface area contributed by atoms with Crippen molar-refractivity contribution in [1.29, 1.82) is 0 Å². The Bertz CT molecular complexity index is 113. The fourth-order valence-corrected chi connectivity index (χ4v) is 0. The molecule has 0 fully saturated rings. The van der Waals surface area contributed by atoms with Crippen LogP contribution in [0.3, 0.4) is 0 Å². The zero-order chi connectivity index (χ0) is 5.21. The lowest BCUT2D eigenvalue weighted by atomic mass is 11.8. The van der Waals surface area contributed by atoms with Crippen LogP contribution in [0.25, 0.3) is 0 Å². The Labute approximate surface area is 36.2 Å². The Morgan fingerprint density at radius 3 is 1.83 bits per heavy atom. The van der Waals surface area contributed by atoms with Crippen LogP contribution in [0.4, 0.5) is 0 Å². The normalized spacial score (nSPS) is 11.7. The zero-order valence-corrected chi connectivity index (χ0v) is 3.95. The van der Waals surface area contributed by atoms with E-state index < -0.39 is 10.3 Å². The molecule has 4 nitrogen and oxygen atoms in total. The first-order valence-corrected chi connectivity index (χ1v) is 2.52. The van der Waals surface area contributed by atoms with Gasteiger partial charge in [0, 0.05) is 0 Å². The number of hydrogen-bond acceptors (Lipinski definition) is 3. The summed E-state index contributed by atoms with van der Waals surface area (Å²) < 4.78 is 22.5. The summed E-state index contributed by atoms with van der Waals surface area (Å²) in [6, 6.07) is 0. The SMILES string of the molecule is COS([NH])(=O)=O. The van der Waals surface area contributed by atoms with E-state index in [1.807, 2.05) is 0 Å². The summed E-state index contributed by atoms with van der Waals surface area (Å²) in [5, 5.41) is 5.93. The van der Waals surface area contributed by atoms with Crippen molar-refractivity contribution < 1.29 is 12.6 Å². The number of nitrogens with one attached hydrogen (secondary N) is 1. The molecule has 0 bridgehead atoms. The van der Waals surface area contributed by atoms with E-state index in [9.17, 15) is 8.42 Å². The van der Waals surface area contributed by atoms with E-state index in [4.69, 9.17) is 5.14 Å². The van der Waals surface area contributed by atoms with E-state index in [1.54, 1.807) is 0 Å². The van der Waals surface area contributed by atoms with Crippen molar-refractivity contribution in [3.05, 3.63) is 0 Å². The van der Waals surface area contributed by atoms with E-state index >= 15 is 0 Å². The molecule has 0 atom stereocenters. The third kappa shape index (κ3) is 3.87. The van der Waals surface area contributed by atoms with Crippen LogP contribution in [-0.4, -0.2) is 15.5 Å². The van der Waals surface area contributed by atoms with E-state index in [0.29, 0.717) is 0 Å². The van der Waals surface area contributed by atoms with Crippen LogP contribution >= 0.6 is 0 Å². The van der Waals surface area contributed by atoms with Gasteiger partial charge in [0.05, 0.1) is 7.11 Å². The minimum absolute atomic E-state index is 0.933. The van der Waals surface area contributed by atoms with Gasteiger partial charge < -0.3 is 0 Å². The lowest BCUT2D eigenvalue weighted by molar-refractivity contribution is 0.397. The van der Waals surface area contributed by atoms with Crippen LogP contribution < -0.4 is 5.14 Å². The molecule has 0 spiro atoms. The van der Waals surface area contributed by atoms with Crippen molar-refractivity contribution in [2.75, 3.05) is 7.11 Å². The highest BCUT2D eigenvalue weighted by molar-refractivity contribution is 7.83. The van der Waals surface area contributed by atoms with Gasteiger partial charge in [-0.1, -0.05) is 0 Å². The largest absolute Gasteiger partial charge is 0.349 e. The summed E-state index contributed by atoms with van der Waals surface area (Å²) in [6.07, 6.45) is 0. The topological polar surface area (TPSA) is 67.2 Å². The summed E-state index contributed by atoms with van der Waals surface area (Å²) in [6.45, 7) is 0. The van der Waals surface area contributed by atoms with Gasteiger partial charge in [-0.25, -0.2) is 0 Å². The molecule has 5 heteroatoms. The molecule has 1 radical (unpaired) electrons. The molecule has 0 rings (SSSR count). The molecule has 0 unspecified atom stereocenters. The minimum Gasteiger partial charge on any atom is -0.260 e. The van der Waals surface area contributed by atoms with Gasteiger partial charge in [-0.3, -0.25) is 4.18 Å². The van der Waals surface area contributed by atoms with E-state index in [-0.39, 0.29) is 0 Å². The monoisotopic (exact) mass is 110 g/mol. The number of rotatable bonds is 1. The maximum absolute atomic E-state index is 9.44. The van der Waals surface area contributed by atoms with Crippen LogP contribution in [0, 0.1) is 0 Å². The Morgan fingerprint density at radius 2 is 1.83 bits per heavy atom. The molecule has 0 aromatic heterocycles. The van der Waals surface area contributed by atoms with Gasteiger partial charge in [-0.2, -0.15) is 8.42 Å². The third-order valence-electron chi connectivity index (χ3n) is 0.219. The first-order chi connectivity index (χ1) is 2.56. The van der Waals surface area contributed by atoms with Crippen molar-refractivity contribution >= 4 is 10.3 Å². The molecule has 0 saturated heterocycles. The van der Waals surface area contributed by atoms with Gasteiger partial charge in [0.15, 0.2) is 0 Å². The predicted molar refractivity (Wildman–Crippen MR) is 19.0 cm³/mol. The fourth-order valence-electron chi connectivity index (χ4n) is 0. The second-order valence-electron chi connectivity index (χ2n) is 0.621. The predicted octanol–water partition coefficient (Wildman–Crippen LogP) is -0.839. The van der Waals surface area contributed by atoms with E-state index in [2.05, 4.69) is 4.18 Å². The molecule has 1 N–H and O–H groups in total. The molecule has 0 aliphatic carbocycles. The van der Waals surface area contributed by atoms with Crippen molar-refractivity contribution in [3.63, 3.8) is 0 Å². The second kappa shape index (κ2) is 1.55. The van der Waals surface area contributed by atoms with Crippen LogP contribution in [0.15, 0.2) is 0 Å². The van der Waals surface area contributed by atoms with Gasteiger partial charge in [0.25, 0.3) is 0 Å². The Morgan fingerprint density at radius 1 is 1.67 bits per heavy atom. The van der Waals surface area contributed by atoms with Crippen LogP contribution in [0.2, 0.25) is 0 Å². The van der Waals surface area contributed by atoms with Crippen LogP contribution in [0.5, 0.6) is 0 Å². The fraction of sp³-hybridized carbons (Fsp3) is 1.00. The van der Waals surface area contributed by atoms with Gasteiger partial charge in [0.2, 0.25) is 0 Å². The van der Waals surface area contributed by atoms with Gasteiger partial charge >= 0.3 is 10.3 Å². The lowest BCUT2D eigenvalue weighted by Gasteiger charge is -1.82.